The van der Waals surface area contributed by atoms with Gasteiger partial charge in [0.15, 0.2) is 0 Å². The Morgan fingerprint density at radius 3 is 2.72 bits per heavy atom. The van der Waals surface area contributed by atoms with Crippen molar-refractivity contribution in [2.75, 3.05) is 6.54 Å². The van der Waals surface area contributed by atoms with Crippen LogP contribution in [0.1, 0.15) is 17.0 Å². The van der Waals surface area contributed by atoms with Gasteiger partial charge in [-0.05, 0) is 24.6 Å². The fourth-order valence-electron chi connectivity index (χ4n) is 3.21. The van der Waals surface area contributed by atoms with Crippen LogP contribution in [0.3, 0.4) is 0 Å². The monoisotopic (exact) mass is 332 g/mol. The van der Waals surface area contributed by atoms with Crippen LogP contribution in [-0.2, 0) is 24.3 Å². The zero-order chi connectivity index (χ0) is 17.2. The van der Waals surface area contributed by atoms with Crippen molar-refractivity contribution in [2.24, 2.45) is 0 Å². The van der Waals surface area contributed by atoms with E-state index in [1.165, 1.54) is 5.56 Å². The van der Waals surface area contributed by atoms with Crippen LogP contribution >= 0.6 is 0 Å². The van der Waals surface area contributed by atoms with E-state index in [0.717, 1.165) is 29.2 Å². The minimum Gasteiger partial charge on any atom is -0.333 e. The normalized spacial score (nSPS) is 13.6. The first-order chi connectivity index (χ1) is 12.2. The lowest BCUT2D eigenvalue weighted by atomic mass is 10.1. The summed E-state index contributed by atoms with van der Waals surface area (Å²) in [5, 5.41) is 0. The number of amides is 1. The van der Waals surface area contributed by atoms with Gasteiger partial charge in [-0.2, -0.15) is 0 Å². The van der Waals surface area contributed by atoms with Gasteiger partial charge in [-0.3, -0.25) is 9.78 Å². The van der Waals surface area contributed by atoms with E-state index in [2.05, 4.69) is 21.5 Å². The van der Waals surface area contributed by atoms with Crippen molar-refractivity contribution in [1.82, 2.24) is 19.4 Å². The third-order valence-corrected chi connectivity index (χ3v) is 4.65. The largest absolute Gasteiger partial charge is 0.333 e. The molecule has 0 atom stereocenters. The Kier molecular flexibility index (Phi) is 4.06. The number of hydrogen-bond acceptors (Lipinski definition) is 3. The summed E-state index contributed by atoms with van der Waals surface area (Å²) in [5.74, 6) is 1.09. The van der Waals surface area contributed by atoms with Crippen LogP contribution in [0, 0.1) is 6.92 Å². The molecule has 0 aliphatic carbocycles. The number of pyridine rings is 1. The molecular formula is C20H20N4O. The number of carbonyl (C=O) groups excluding carboxylic acids is 1. The highest BCUT2D eigenvalue weighted by Gasteiger charge is 2.23. The second-order valence-electron chi connectivity index (χ2n) is 6.43. The second kappa shape index (κ2) is 6.51. The number of benzene rings is 1. The van der Waals surface area contributed by atoms with Crippen molar-refractivity contribution >= 4 is 5.91 Å². The number of imidazole rings is 1. The lowest BCUT2D eigenvalue weighted by Gasteiger charge is -2.28. The molecule has 1 aromatic carbocycles. The van der Waals surface area contributed by atoms with Crippen LogP contribution in [0.5, 0.6) is 0 Å². The Hall–Kier alpha value is -2.95. The predicted octanol–water partition coefficient (Wildman–Crippen LogP) is 2.84. The van der Waals surface area contributed by atoms with E-state index in [4.69, 9.17) is 0 Å². The average Bonchev–Trinajstić information content (AvgIpc) is 3.07. The maximum atomic E-state index is 12.6. The SMILES string of the molecule is Cc1ccc(CC(=O)N2CCn3c(-c4cccnc4)cnc3C2)cc1. The minimum atomic E-state index is 0.154. The first-order valence-corrected chi connectivity index (χ1v) is 8.49. The Morgan fingerprint density at radius 1 is 1.12 bits per heavy atom. The van der Waals surface area contributed by atoms with Crippen LogP contribution in [0.15, 0.2) is 55.0 Å². The maximum absolute atomic E-state index is 12.6. The standard InChI is InChI=1S/C20H20N4O/c1-15-4-6-16(7-5-15)11-20(25)23-9-10-24-18(13-22-19(24)14-23)17-3-2-8-21-12-17/h2-8,12-13H,9-11,14H2,1H3. The van der Waals surface area contributed by atoms with Crippen LogP contribution < -0.4 is 0 Å². The van der Waals surface area contributed by atoms with Gasteiger partial charge >= 0.3 is 0 Å². The van der Waals surface area contributed by atoms with Gasteiger partial charge in [-0.1, -0.05) is 29.8 Å². The fourth-order valence-corrected chi connectivity index (χ4v) is 3.21. The molecular weight excluding hydrogens is 312 g/mol. The average molecular weight is 332 g/mol. The molecule has 1 aliphatic rings. The van der Waals surface area contributed by atoms with E-state index in [1.54, 1.807) is 6.20 Å². The molecule has 1 aliphatic heterocycles. The van der Waals surface area contributed by atoms with E-state index in [0.29, 0.717) is 19.5 Å². The van der Waals surface area contributed by atoms with Gasteiger partial charge < -0.3 is 9.47 Å². The lowest BCUT2D eigenvalue weighted by molar-refractivity contribution is -0.132. The molecule has 0 fully saturated rings. The van der Waals surface area contributed by atoms with Crippen molar-refractivity contribution in [3.05, 3.63) is 71.9 Å². The Labute approximate surface area is 147 Å². The Balaban J connectivity index is 1.49. The number of aromatic nitrogens is 3. The van der Waals surface area contributed by atoms with Gasteiger partial charge in [0, 0.05) is 31.0 Å². The smallest absolute Gasteiger partial charge is 0.227 e. The molecule has 0 radical (unpaired) electrons. The Morgan fingerprint density at radius 2 is 1.96 bits per heavy atom. The summed E-state index contributed by atoms with van der Waals surface area (Å²) in [6.07, 6.45) is 5.93. The number of fused-ring (bicyclic) bond motifs is 1. The van der Waals surface area contributed by atoms with E-state index in [1.807, 2.05) is 53.7 Å². The zero-order valence-corrected chi connectivity index (χ0v) is 14.2. The summed E-state index contributed by atoms with van der Waals surface area (Å²) in [5.41, 5.74) is 4.38. The van der Waals surface area contributed by atoms with Gasteiger partial charge in [0.05, 0.1) is 24.9 Å². The highest BCUT2D eigenvalue weighted by Crippen LogP contribution is 2.23. The van der Waals surface area contributed by atoms with E-state index < -0.39 is 0 Å². The van der Waals surface area contributed by atoms with E-state index >= 15 is 0 Å². The summed E-state index contributed by atoms with van der Waals surface area (Å²) < 4.78 is 2.19. The lowest BCUT2D eigenvalue weighted by Crippen LogP contribution is -2.39. The molecule has 3 heterocycles. The van der Waals surface area contributed by atoms with Gasteiger partial charge in [-0.15, -0.1) is 0 Å². The number of hydrogen-bond donors (Lipinski definition) is 0. The van der Waals surface area contributed by atoms with Crippen molar-refractivity contribution in [1.29, 1.82) is 0 Å². The first kappa shape index (κ1) is 15.6. The molecule has 0 unspecified atom stereocenters. The van der Waals surface area contributed by atoms with Crippen LogP contribution in [0.25, 0.3) is 11.3 Å². The summed E-state index contributed by atoms with van der Waals surface area (Å²) >= 11 is 0. The molecule has 0 saturated heterocycles. The summed E-state index contributed by atoms with van der Waals surface area (Å²) in [4.78, 5) is 23.2. The summed E-state index contributed by atoms with van der Waals surface area (Å²) in [6, 6.07) is 12.1. The van der Waals surface area contributed by atoms with Gasteiger partial charge in [-0.25, -0.2) is 4.98 Å². The van der Waals surface area contributed by atoms with E-state index in [-0.39, 0.29) is 5.91 Å². The van der Waals surface area contributed by atoms with Gasteiger partial charge in [0.25, 0.3) is 0 Å². The molecule has 25 heavy (non-hydrogen) atoms. The quantitative estimate of drug-likeness (QED) is 0.741. The van der Waals surface area contributed by atoms with Crippen molar-refractivity contribution < 1.29 is 4.79 Å². The molecule has 4 rings (SSSR count). The number of aryl methyl sites for hydroxylation is 1. The zero-order valence-electron chi connectivity index (χ0n) is 14.2. The molecule has 0 N–H and O–H groups in total. The second-order valence-corrected chi connectivity index (χ2v) is 6.43. The summed E-state index contributed by atoms with van der Waals surface area (Å²) in [7, 11) is 0. The highest BCUT2D eigenvalue weighted by atomic mass is 16.2. The topological polar surface area (TPSA) is 51.0 Å². The number of carbonyl (C=O) groups is 1. The van der Waals surface area contributed by atoms with Gasteiger partial charge in [0.1, 0.15) is 5.82 Å². The fraction of sp³-hybridized carbons (Fsp3) is 0.250. The van der Waals surface area contributed by atoms with Crippen LogP contribution in [0.4, 0.5) is 0 Å². The molecule has 3 aromatic rings. The van der Waals surface area contributed by atoms with Crippen molar-refractivity contribution in [3.63, 3.8) is 0 Å². The minimum absolute atomic E-state index is 0.154. The molecule has 1 amide bonds. The van der Waals surface area contributed by atoms with Crippen LogP contribution in [-0.4, -0.2) is 31.9 Å². The molecule has 2 aromatic heterocycles. The van der Waals surface area contributed by atoms with Crippen LogP contribution in [0.2, 0.25) is 0 Å². The highest BCUT2D eigenvalue weighted by molar-refractivity contribution is 5.79. The number of nitrogens with zero attached hydrogens (tertiary/aromatic N) is 4. The maximum Gasteiger partial charge on any atom is 0.227 e. The molecule has 5 heteroatoms. The third-order valence-electron chi connectivity index (χ3n) is 4.65. The summed E-state index contributed by atoms with van der Waals surface area (Å²) in [6.45, 7) is 4.08. The van der Waals surface area contributed by atoms with Crippen molar-refractivity contribution in [2.45, 2.75) is 26.4 Å². The predicted molar refractivity (Wildman–Crippen MR) is 95.8 cm³/mol. The Bertz CT molecular complexity index is 884. The van der Waals surface area contributed by atoms with Gasteiger partial charge in [0.2, 0.25) is 5.91 Å². The molecule has 0 spiro atoms. The number of rotatable bonds is 3. The van der Waals surface area contributed by atoms with Crippen molar-refractivity contribution in [3.8, 4) is 11.3 Å². The molecule has 0 bridgehead atoms. The third kappa shape index (κ3) is 3.18. The molecule has 5 nitrogen and oxygen atoms in total. The first-order valence-electron chi connectivity index (χ1n) is 8.49. The molecule has 0 saturated carbocycles. The molecule has 126 valence electrons. The van der Waals surface area contributed by atoms with E-state index in [9.17, 15) is 4.79 Å².